The molecule has 1 aromatic rings. The molecule has 136 valence electrons. The SMILES string of the molecule is C[C@H](c1ccccc1)N1C[C@@H](C(=O)OCC(=O)NC(C)(C)C)CC1=O. The van der Waals surface area contributed by atoms with Gasteiger partial charge in [0.1, 0.15) is 0 Å². The van der Waals surface area contributed by atoms with Crippen LogP contribution in [0.15, 0.2) is 30.3 Å². The molecule has 1 saturated heterocycles. The van der Waals surface area contributed by atoms with Crippen molar-refractivity contribution in [3.05, 3.63) is 35.9 Å². The van der Waals surface area contributed by atoms with E-state index >= 15 is 0 Å². The lowest BCUT2D eigenvalue weighted by Gasteiger charge is -2.25. The van der Waals surface area contributed by atoms with Gasteiger partial charge in [-0.05, 0) is 33.3 Å². The van der Waals surface area contributed by atoms with E-state index in [0.29, 0.717) is 6.54 Å². The van der Waals surface area contributed by atoms with Gasteiger partial charge in [-0.3, -0.25) is 14.4 Å². The third-order valence-electron chi connectivity index (χ3n) is 4.10. The topological polar surface area (TPSA) is 75.7 Å². The fourth-order valence-corrected chi connectivity index (χ4v) is 2.88. The van der Waals surface area contributed by atoms with Crippen LogP contribution in [-0.2, 0) is 19.1 Å². The molecular weight excluding hydrogens is 320 g/mol. The van der Waals surface area contributed by atoms with Gasteiger partial charge < -0.3 is 15.0 Å². The van der Waals surface area contributed by atoms with Crippen molar-refractivity contribution >= 4 is 17.8 Å². The lowest BCUT2D eigenvalue weighted by Crippen LogP contribution is -2.43. The molecule has 25 heavy (non-hydrogen) atoms. The Kier molecular flexibility index (Phi) is 5.82. The van der Waals surface area contributed by atoms with E-state index in [4.69, 9.17) is 4.74 Å². The van der Waals surface area contributed by atoms with Gasteiger partial charge in [0, 0.05) is 18.5 Å². The second-order valence-electron chi connectivity index (χ2n) is 7.44. The fourth-order valence-electron chi connectivity index (χ4n) is 2.88. The number of ether oxygens (including phenoxy) is 1. The highest BCUT2D eigenvalue weighted by Gasteiger charge is 2.38. The van der Waals surface area contributed by atoms with Crippen LogP contribution in [-0.4, -0.2) is 41.4 Å². The normalized spacial score (nSPS) is 18.8. The summed E-state index contributed by atoms with van der Waals surface area (Å²) in [5.74, 6) is -1.45. The number of nitrogens with one attached hydrogen (secondary N) is 1. The first-order chi connectivity index (χ1) is 11.7. The molecule has 0 radical (unpaired) electrons. The number of carbonyl (C=O) groups excluding carboxylic acids is 3. The summed E-state index contributed by atoms with van der Waals surface area (Å²) < 4.78 is 5.09. The number of nitrogens with zero attached hydrogens (tertiary/aromatic N) is 1. The summed E-state index contributed by atoms with van der Waals surface area (Å²) in [6.45, 7) is 7.49. The highest BCUT2D eigenvalue weighted by atomic mass is 16.5. The lowest BCUT2D eigenvalue weighted by atomic mass is 10.1. The van der Waals surface area contributed by atoms with Crippen LogP contribution in [0.1, 0.15) is 45.7 Å². The molecule has 1 aromatic carbocycles. The van der Waals surface area contributed by atoms with Gasteiger partial charge in [-0.25, -0.2) is 0 Å². The maximum Gasteiger partial charge on any atom is 0.311 e. The van der Waals surface area contributed by atoms with E-state index in [2.05, 4.69) is 5.32 Å². The van der Waals surface area contributed by atoms with Crippen molar-refractivity contribution in [3.63, 3.8) is 0 Å². The maximum atomic E-state index is 12.3. The number of hydrogen-bond acceptors (Lipinski definition) is 4. The third-order valence-corrected chi connectivity index (χ3v) is 4.10. The monoisotopic (exact) mass is 346 g/mol. The van der Waals surface area contributed by atoms with E-state index in [-0.39, 0.29) is 36.4 Å². The number of esters is 1. The maximum absolute atomic E-state index is 12.3. The summed E-state index contributed by atoms with van der Waals surface area (Å²) in [7, 11) is 0. The highest BCUT2D eigenvalue weighted by molar-refractivity contribution is 5.88. The Bertz CT molecular complexity index is 637. The van der Waals surface area contributed by atoms with E-state index in [1.54, 1.807) is 4.90 Å². The summed E-state index contributed by atoms with van der Waals surface area (Å²) in [6.07, 6.45) is 0.122. The van der Waals surface area contributed by atoms with Crippen LogP contribution in [0.4, 0.5) is 0 Å². The molecule has 1 aliphatic heterocycles. The first-order valence-electron chi connectivity index (χ1n) is 8.49. The second-order valence-corrected chi connectivity index (χ2v) is 7.44. The summed E-state index contributed by atoms with van der Waals surface area (Å²) >= 11 is 0. The molecule has 0 bridgehead atoms. The van der Waals surface area contributed by atoms with Crippen LogP contribution in [0, 0.1) is 5.92 Å². The van der Waals surface area contributed by atoms with Gasteiger partial charge in [-0.1, -0.05) is 30.3 Å². The molecule has 0 aliphatic carbocycles. The first kappa shape index (κ1) is 19.0. The predicted molar refractivity (Wildman–Crippen MR) is 93.5 cm³/mol. The van der Waals surface area contributed by atoms with E-state index in [0.717, 1.165) is 5.56 Å². The van der Waals surface area contributed by atoms with E-state index in [1.807, 2.05) is 58.0 Å². The summed E-state index contributed by atoms with van der Waals surface area (Å²) in [6, 6.07) is 9.58. The quantitative estimate of drug-likeness (QED) is 0.828. The molecule has 1 N–H and O–H groups in total. The van der Waals surface area contributed by atoms with Crippen molar-refractivity contribution in [3.8, 4) is 0 Å². The summed E-state index contributed by atoms with van der Waals surface area (Å²) in [5.41, 5.74) is 0.642. The molecule has 0 saturated carbocycles. The molecule has 1 aliphatic rings. The van der Waals surface area contributed by atoms with Gasteiger partial charge in [0.05, 0.1) is 12.0 Å². The molecule has 2 rings (SSSR count). The molecule has 6 heteroatoms. The number of hydrogen-bond donors (Lipinski definition) is 1. The number of amides is 2. The Morgan fingerprint density at radius 1 is 1.28 bits per heavy atom. The largest absolute Gasteiger partial charge is 0.455 e. The molecule has 2 amide bonds. The minimum Gasteiger partial charge on any atom is -0.455 e. The Balaban J connectivity index is 1.89. The van der Waals surface area contributed by atoms with Gasteiger partial charge in [0.15, 0.2) is 6.61 Å². The standard InChI is InChI=1S/C19H26N2O4/c1-13(14-8-6-5-7-9-14)21-11-15(10-17(21)23)18(24)25-12-16(22)20-19(2,3)4/h5-9,13,15H,10-12H2,1-4H3,(H,20,22)/t13-,15+/m1/s1. The average Bonchev–Trinajstić information content (AvgIpc) is 2.93. The molecule has 1 fully saturated rings. The van der Waals surface area contributed by atoms with E-state index in [1.165, 1.54) is 0 Å². The van der Waals surface area contributed by atoms with Crippen LogP contribution in [0.5, 0.6) is 0 Å². The zero-order valence-corrected chi connectivity index (χ0v) is 15.2. The van der Waals surface area contributed by atoms with Crippen molar-refractivity contribution in [2.75, 3.05) is 13.2 Å². The molecule has 6 nitrogen and oxygen atoms in total. The minimum atomic E-state index is -0.527. The van der Waals surface area contributed by atoms with Gasteiger partial charge in [-0.2, -0.15) is 0 Å². The lowest BCUT2D eigenvalue weighted by molar-refractivity contribution is -0.152. The van der Waals surface area contributed by atoms with Crippen molar-refractivity contribution < 1.29 is 19.1 Å². The minimum absolute atomic E-state index is 0.0718. The van der Waals surface area contributed by atoms with Crippen molar-refractivity contribution in [1.29, 1.82) is 0 Å². The Labute approximate surface area is 148 Å². The van der Waals surface area contributed by atoms with Crippen LogP contribution >= 0.6 is 0 Å². The van der Waals surface area contributed by atoms with Crippen molar-refractivity contribution in [2.45, 2.75) is 45.7 Å². The van der Waals surface area contributed by atoms with Crippen LogP contribution in [0.25, 0.3) is 0 Å². The van der Waals surface area contributed by atoms with Gasteiger partial charge in [0.25, 0.3) is 5.91 Å². The van der Waals surface area contributed by atoms with Crippen molar-refractivity contribution in [1.82, 2.24) is 10.2 Å². The van der Waals surface area contributed by atoms with Gasteiger partial charge in [-0.15, -0.1) is 0 Å². The van der Waals surface area contributed by atoms with E-state index in [9.17, 15) is 14.4 Å². The number of benzene rings is 1. The second kappa shape index (κ2) is 7.68. The Morgan fingerprint density at radius 2 is 1.92 bits per heavy atom. The number of likely N-dealkylation sites (tertiary alicyclic amines) is 1. The number of rotatable bonds is 5. The smallest absolute Gasteiger partial charge is 0.311 e. The fraction of sp³-hybridized carbons (Fsp3) is 0.526. The van der Waals surface area contributed by atoms with E-state index < -0.39 is 11.9 Å². The Morgan fingerprint density at radius 3 is 2.52 bits per heavy atom. The molecule has 0 unspecified atom stereocenters. The highest BCUT2D eigenvalue weighted by Crippen LogP contribution is 2.28. The first-order valence-corrected chi connectivity index (χ1v) is 8.49. The summed E-state index contributed by atoms with van der Waals surface area (Å²) in [5, 5.41) is 2.73. The third kappa shape index (κ3) is 5.31. The molecule has 0 aromatic heterocycles. The predicted octanol–water partition coefficient (Wildman–Crippen LogP) is 2.05. The molecule has 2 atom stereocenters. The molecule has 1 heterocycles. The van der Waals surface area contributed by atoms with Gasteiger partial charge in [0.2, 0.25) is 5.91 Å². The average molecular weight is 346 g/mol. The van der Waals surface area contributed by atoms with Crippen LogP contribution < -0.4 is 5.32 Å². The zero-order valence-electron chi connectivity index (χ0n) is 15.2. The molecular formula is C19H26N2O4. The Hall–Kier alpha value is -2.37. The molecule has 0 spiro atoms. The summed E-state index contributed by atoms with van der Waals surface area (Å²) in [4.78, 5) is 37.9. The van der Waals surface area contributed by atoms with Crippen LogP contribution in [0.3, 0.4) is 0 Å². The van der Waals surface area contributed by atoms with Crippen LogP contribution in [0.2, 0.25) is 0 Å². The van der Waals surface area contributed by atoms with Crippen molar-refractivity contribution in [2.24, 2.45) is 5.92 Å². The number of carbonyl (C=O) groups is 3. The zero-order chi connectivity index (χ0) is 18.6. The van der Waals surface area contributed by atoms with Gasteiger partial charge >= 0.3 is 5.97 Å².